The van der Waals surface area contributed by atoms with E-state index < -0.39 is 17.5 Å². The number of aromatic amines is 1. The molecule has 2 aromatic rings. The van der Waals surface area contributed by atoms with Crippen LogP contribution in [0, 0.1) is 18.6 Å². The number of aryl methyl sites for hydroxylation is 1. The van der Waals surface area contributed by atoms with Crippen molar-refractivity contribution in [2.75, 3.05) is 13.1 Å². The van der Waals surface area contributed by atoms with Crippen LogP contribution in [0.1, 0.15) is 40.6 Å². The molecule has 6 heteroatoms. The summed E-state index contributed by atoms with van der Waals surface area (Å²) in [5.41, 5.74) is 0.890. The molecule has 1 fully saturated rings. The van der Waals surface area contributed by atoms with E-state index in [0.29, 0.717) is 13.1 Å². The van der Waals surface area contributed by atoms with Gasteiger partial charge in [0.15, 0.2) is 0 Å². The highest BCUT2D eigenvalue weighted by Gasteiger charge is 2.28. The molecule has 2 heterocycles. The number of imidazole rings is 1. The number of piperidine rings is 1. The molecule has 1 aliphatic heterocycles. The Morgan fingerprint density at radius 3 is 2.91 bits per heavy atom. The Morgan fingerprint density at radius 1 is 1.41 bits per heavy atom. The molecule has 1 N–H and O–H groups in total. The van der Waals surface area contributed by atoms with Crippen molar-refractivity contribution in [2.24, 2.45) is 0 Å². The van der Waals surface area contributed by atoms with Crippen molar-refractivity contribution in [3.63, 3.8) is 0 Å². The van der Waals surface area contributed by atoms with Crippen LogP contribution in [0.25, 0.3) is 0 Å². The van der Waals surface area contributed by atoms with Crippen molar-refractivity contribution in [3.8, 4) is 0 Å². The molecule has 1 aromatic heterocycles. The van der Waals surface area contributed by atoms with Gasteiger partial charge in [0, 0.05) is 37.0 Å². The fraction of sp³-hybridized carbons (Fsp3) is 0.375. The second-order valence-electron chi connectivity index (χ2n) is 5.67. The van der Waals surface area contributed by atoms with Crippen LogP contribution in [-0.4, -0.2) is 33.9 Å². The van der Waals surface area contributed by atoms with E-state index in [0.717, 1.165) is 36.5 Å². The molecule has 1 aliphatic rings. The van der Waals surface area contributed by atoms with Gasteiger partial charge in [0.05, 0.1) is 5.56 Å². The predicted molar refractivity (Wildman–Crippen MR) is 77.6 cm³/mol. The highest BCUT2D eigenvalue weighted by Crippen LogP contribution is 2.26. The Balaban J connectivity index is 1.78. The number of rotatable bonds is 2. The maximum absolute atomic E-state index is 13.8. The van der Waals surface area contributed by atoms with Gasteiger partial charge in [0.2, 0.25) is 0 Å². The smallest absolute Gasteiger partial charge is 0.256 e. The number of aromatic nitrogens is 2. The lowest BCUT2D eigenvalue weighted by Gasteiger charge is -2.32. The summed E-state index contributed by atoms with van der Waals surface area (Å²) in [7, 11) is 0. The molecule has 116 valence electrons. The number of benzene rings is 1. The van der Waals surface area contributed by atoms with Gasteiger partial charge in [-0.15, -0.1) is 0 Å². The normalized spacial score (nSPS) is 18.5. The Labute approximate surface area is 127 Å². The van der Waals surface area contributed by atoms with Crippen LogP contribution in [0.15, 0.2) is 24.4 Å². The van der Waals surface area contributed by atoms with E-state index in [1.807, 2.05) is 6.92 Å². The van der Waals surface area contributed by atoms with Crippen molar-refractivity contribution < 1.29 is 13.6 Å². The van der Waals surface area contributed by atoms with Crippen LogP contribution >= 0.6 is 0 Å². The number of halogens is 2. The van der Waals surface area contributed by atoms with Crippen LogP contribution in [0.3, 0.4) is 0 Å². The van der Waals surface area contributed by atoms with Gasteiger partial charge in [-0.1, -0.05) is 0 Å². The van der Waals surface area contributed by atoms with E-state index in [1.165, 1.54) is 6.07 Å². The summed E-state index contributed by atoms with van der Waals surface area (Å²) in [4.78, 5) is 21.6. The van der Waals surface area contributed by atoms with Crippen LogP contribution in [-0.2, 0) is 0 Å². The molecule has 4 nitrogen and oxygen atoms in total. The molecular weight excluding hydrogens is 288 g/mol. The Bertz CT molecular complexity index is 698. The molecule has 0 radical (unpaired) electrons. The first-order valence-electron chi connectivity index (χ1n) is 7.30. The molecule has 1 saturated heterocycles. The van der Waals surface area contributed by atoms with Gasteiger partial charge in [-0.05, 0) is 31.9 Å². The number of carbonyl (C=O) groups excluding carboxylic acids is 1. The molecule has 0 spiro atoms. The highest BCUT2D eigenvalue weighted by molar-refractivity contribution is 5.94. The van der Waals surface area contributed by atoms with E-state index in [9.17, 15) is 13.6 Å². The maximum Gasteiger partial charge on any atom is 0.256 e. The third kappa shape index (κ3) is 2.86. The van der Waals surface area contributed by atoms with Crippen molar-refractivity contribution in [1.82, 2.24) is 14.9 Å². The Kier molecular flexibility index (Phi) is 3.92. The minimum atomic E-state index is -0.819. The van der Waals surface area contributed by atoms with E-state index in [-0.39, 0.29) is 11.5 Å². The summed E-state index contributed by atoms with van der Waals surface area (Å²) in [5.74, 6) is -0.924. The monoisotopic (exact) mass is 305 g/mol. The summed E-state index contributed by atoms with van der Waals surface area (Å²) in [6, 6.07) is 3.05. The topological polar surface area (TPSA) is 49.0 Å². The fourth-order valence-corrected chi connectivity index (χ4v) is 2.86. The summed E-state index contributed by atoms with van der Waals surface area (Å²) in [6.07, 6.45) is 3.53. The first-order valence-corrected chi connectivity index (χ1v) is 7.30. The van der Waals surface area contributed by atoms with E-state index >= 15 is 0 Å². The molecule has 0 bridgehead atoms. The van der Waals surface area contributed by atoms with Crippen molar-refractivity contribution >= 4 is 5.91 Å². The van der Waals surface area contributed by atoms with Gasteiger partial charge < -0.3 is 9.88 Å². The predicted octanol–water partition coefficient (Wildman–Crippen LogP) is 3.02. The molecule has 0 saturated carbocycles. The first kappa shape index (κ1) is 14.7. The number of nitrogens with zero attached hydrogens (tertiary/aromatic N) is 2. The molecule has 1 aromatic carbocycles. The van der Waals surface area contributed by atoms with Crippen molar-refractivity contribution in [3.05, 3.63) is 53.1 Å². The lowest BCUT2D eigenvalue weighted by molar-refractivity contribution is 0.0700. The molecule has 22 heavy (non-hydrogen) atoms. The van der Waals surface area contributed by atoms with Gasteiger partial charge in [-0.3, -0.25) is 4.79 Å². The van der Waals surface area contributed by atoms with E-state index in [2.05, 4.69) is 9.97 Å². The average Bonchev–Trinajstić information content (AvgIpc) is 2.93. The van der Waals surface area contributed by atoms with Gasteiger partial charge in [0.1, 0.15) is 17.5 Å². The summed E-state index contributed by atoms with van der Waals surface area (Å²) in [5, 5.41) is 0. The lowest BCUT2D eigenvalue weighted by Crippen LogP contribution is -2.39. The van der Waals surface area contributed by atoms with Gasteiger partial charge in [-0.25, -0.2) is 13.8 Å². The molecule has 3 rings (SSSR count). The largest absolute Gasteiger partial charge is 0.346 e. The second-order valence-corrected chi connectivity index (χ2v) is 5.67. The van der Waals surface area contributed by atoms with E-state index in [4.69, 9.17) is 0 Å². The number of nitrogens with one attached hydrogen (secondary N) is 1. The number of H-pyrrole nitrogens is 1. The van der Waals surface area contributed by atoms with Gasteiger partial charge >= 0.3 is 0 Å². The second kappa shape index (κ2) is 5.87. The number of hydrogen-bond acceptors (Lipinski definition) is 2. The number of amides is 1. The Hall–Kier alpha value is -2.24. The van der Waals surface area contributed by atoms with Crippen LogP contribution < -0.4 is 0 Å². The first-order chi connectivity index (χ1) is 10.5. The molecule has 1 atom stereocenters. The third-order valence-electron chi connectivity index (χ3n) is 3.98. The molecule has 1 amide bonds. The van der Waals surface area contributed by atoms with Crippen LogP contribution in [0.2, 0.25) is 0 Å². The highest BCUT2D eigenvalue weighted by atomic mass is 19.1. The quantitative estimate of drug-likeness (QED) is 0.927. The summed E-state index contributed by atoms with van der Waals surface area (Å²) in [6.45, 7) is 2.99. The Morgan fingerprint density at radius 2 is 2.23 bits per heavy atom. The standard InChI is InChI=1S/C16H17F2N3O/c1-10-8-19-15(20-10)11-3-2-6-21(9-11)16(22)13-5-4-12(17)7-14(13)18/h4-5,7-8,11H,2-3,6,9H2,1H3,(H,19,20)/t11-/m1/s1. The minimum absolute atomic E-state index is 0.0855. The van der Waals surface area contributed by atoms with E-state index in [1.54, 1.807) is 11.1 Å². The summed E-state index contributed by atoms with van der Waals surface area (Å²) >= 11 is 0. The number of likely N-dealkylation sites (tertiary alicyclic amines) is 1. The van der Waals surface area contributed by atoms with Crippen LogP contribution in [0.5, 0.6) is 0 Å². The zero-order valence-electron chi connectivity index (χ0n) is 12.3. The summed E-state index contributed by atoms with van der Waals surface area (Å²) < 4.78 is 26.7. The minimum Gasteiger partial charge on any atom is -0.346 e. The van der Waals surface area contributed by atoms with Crippen LogP contribution in [0.4, 0.5) is 8.78 Å². The molecule has 0 aliphatic carbocycles. The SMILES string of the molecule is Cc1cnc([C@@H]2CCCN(C(=O)c3ccc(F)cc3F)C2)[nH]1. The lowest BCUT2D eigenvalue weighted by atomic mass is 9.96. The van der Waals surface area contributed by atoms with Crippen molar-refractivity contribution in [2.45, 2.75) is 25.7 Å². The zero-order chi connectivity index (χ0) is 15.7. The fourth-order valence-electron chi connectivity index (χ4n) is 2.86. The number of carbonyl (C=O) groups is 1. The van der Waals surface area contributed by atoms with Gasteiger partial charge in [0.25, 0.3) is 5.91 Å². The third-order valence-corrected chi connectivity index (χ3v) is 3.98. The molecular formula is C16H17F2N3O. The maximum atomic E-state index is 13.8. The zero-order valence-corrected chi connectivity index (χ0v) is 12.3. The average molecular weight is 305 g/mol. The van der Waals surface area contributed by atoms with Crippen molar-refractivity contribution in [1.29, 1.82) is 0 Å². The number of hydrogen-bond donors (Lipinski definition) is 1. The molecule has 0 unspecified atom stereocenters. The van der Waals surface area contributed by atoms with Gasteiger partial charge in [-0.2, -0.15) is 0 Å².